The molecular weight excluding hydrogens is 396 g/mol. The van der Waals surface area contributed by atoms with E-state index in [2.05, 4.69) is 30.8 Å². The number of hydrogen-bond acceptors (Lipinski definition) is 5. The van der Waals surface area contributed by atoms with Gasteiger partial charge in [0.05, 0.1) is 17.9 Å². The summed E-state index contributed by atoms with van der Waals surface area (Å²) < 4.78 is 2.64. The Bertz CT molecular complexity index is 850. The van der Waals surface area contributed by atoms with Crippen LogP contribution in [0.1, 0.15) is 30.9 Å². The summed E-state index contributed by atoms with van der Waals surface area (Å²) in [6.07, 6.45) is 5.01. The van der Waals surface area contributed by atoms with Crippen LogP contribution in [0.2, 0.25) is 0 Å². The highest BCUT2D eigenvalue weighted by Crippen LogP contribution is 2.27. The van der Waals surface area contributed by atoms with E-state index in [0.29, 0.717) is 0 Å². The van der Waals surface area contributed by atoms with Gasteiger partial charge in [-0.1, -0.05) is 15.9 Å². The van der Waals surface area contributed by atoms with Crippen molar-refractivity contribution in [1.82, 2.24) is 14.7 Å². The van der Waals surface area contributed by atoms with Gasteiger partial charge in [-0.25, -0.2) is 4.68 Å². The molecule has 2 aromatic rings. The Morgan fingerprint density at radius 2 is 2.04 bits per heavy atom. The van der Waals surface area contributed by atoms with E-state index in [4.69, 9.17) is 0 Å². The van der Waals surface area contributed by atoms with E-state index in [1.54, 1.807) is 22.9 Å². The van der Waals surface area contributed by atoms with Crippen LogP contribution in [0, 0.1) is 0 Å². The fraction of sp³-hybridized carbons (Fsp3) is 0.474. The van der Waals surface area contributed by atoms with Gasteiger partial charge < -0.3 is 10.0 Å². The van der Waals surface area contributed by atoms with Crippen molar-refractivity contribution < 1.29 is 5.11 Å². The SMILES string of the molecule is O=c1cc(N2CCC2)cnn1[C@@H]1CCCN(Cc2cc(O)ccc2Br)C1. The second-order valence-electron chi connectivity index (χ2n) is 7.14. The molecule has 0 bridgehead atoms. The summed E-state index contributed by atoms with van der Waals surface area (Å²) in [5, 5.41) is 14.2. The summed E-state index contributed by atoms with van der Waals surface area (Å²) in [5.74, 6) is 0.274. The molecule has 1 atom stereocenters. The van der Waals surface area contributed by atoms with Gasteiger partial charge in [-0.15, -0.1) is 0 Å². The first kappa shape index (κ1) is 17.5. The Hall–Kier alpha value is -1.86. The number of rotatable bonds is 4. The minimum atomic E-state index is -0.0141. The van der Waals surface area contributed by atoms with E-state index in [-0.39, 0.29) is 17.4 Å². The van der Waals surface area contributed by atoms with Crippen molar-refractivity contribution in [3.05, 3.63) is 50.9 Å². The van der Waals surface area contributed by atoms with Crippen LogP contribution in [0.4, 0.5) is 5.69 Å². The molecule has 2 aliphatic heterocycles. The summed E-state index contributed by atoms with van der Waals surface area (Å²) >= 11 is 3.55. The lowest BCUT2D eigenvalue weighted by atomic mass is 10.0. The van der Waals surface area contributed by atoms with Crippen LogP contribution in [-0.4, -0.2) is 46.0 Å². The van der Waals surface area contributed by atoms with Crippen LogP contribution in [0.5, 0.6) is 5.75 Å². The highest BCUT2D eigenvalue weighted by molar-refractivity contribution is 9.10. The number of phenols is 1. The Morgan fingerprint density at radius 1 is 1.19 bits per heavy atom. The normalized spacial score (nSPS) is 20.8. The number of hydrogen-bond donors (Lipinski definition) is 1. The summed E-state index contributed by atoms with van der Waals surface area (Å²) in [4.78, 5) is 17.1. The van der Waals surface area contributed by atoms with Crippen molar-refractivity contribution in [2.45, 2.75) is 31.8 Å². The number of aromatic nitrogens is 2. The van der Waals surface area contributed by atoms with Gasteiger partial charge in [-0.05, 0) is 49.6 Å². The maximum atomic E-state index is 12.6. The van der Waals surface area contributed by atoms with Crippen LogP contribution >= 0.6 is 15.9 Å². The molecule has 6 nitrogen and oxygen atoms in total. The molecule has 0 radical (unpaired) electrons. The molecule has 2 saturated heterocycles. The molecule has 0 saturated carbocycles. The van der Waals surface area contributed by atoms with E-state index in [1.807, 2.05) is 12.3 Å². The topological polar surface area (TPSA) is 61.6 Å². The third kappa shape index (κ3) is 3.64. The average Bonchev–Trinajstić information content (AvgIpc) is 2.57. The van der Waals surface area contributed by atoms with Crippen molar-refractivity contribution in [1.29, 1.82) is 0 Å². The third-order valence-corrected chi connectivity index (χ3v) is 6.06. The third-order valence-electron chi connectivity index (χ3n) is 5.28. The van der Waals surface area contributed by atoms with E-state index in [1.165, 1.54) is 6.42 Å². The molecule has 4 rings (SSSR count). The van der Waals surface area contributed by atoms with Gasteiger partial charge in [0.2, 0.25) is 0 Å². The van der Waals surface area contributed by atoms with E-state index in [0.717, 1.165) is 61.3 Å². The number of halogens is 1. The first-order chi connectivity index (χ1) is 12.6. The molecule has 0 unspecified atom stereocenters. The summed E-state index contributed by atoms with van der Waals surface area (Å²) in [7, 11) is 0. The molecule has 0 aliphatic carbocycles. The second-order valence-corrected chi connectivity index (χ2v) is 8.00. The quantitative estimate of drug-likeness (QED) is 0.826. The van der Waals surface area contributed by atoms with E-state index in [9.17, 15) is 9.90 Å². The van der Waals surface area contributed by atoms with Gasteiger partial charge >= 0.3 is 0 Å². The molecule has 26 heavy (non-hydrogen) atoms. The van der Waals surface area contributed by atoms with Gasteiger partial charge in [0, 0.05) is 36.7 Å². The maximum Gasteiger partial charge on any atom is 0.269 e. The lowest BCUT2D eigenvalue weighted by Gasteiger charge is -2.34. The zero-order valence-corrected chi connectivity index (χ0v) is 16.2. The summed E-state index contributed by atoms with van der Waals surface area (Å²) in [6.45, 7) is 4.55. The molecule has 0 amide bonds. The largest absolute Gasteiger partial charge is 0.508 e. The maximum absolute atomic E-state index is 12.6. The first-order valence-electron chi connectivity index (χ1n) is 9.14. The molecule has 138 valence electrons. The van der Waals surface area contributed by atoms with Crippen molar-refractivity contribution in [2.24, 2.45) is 0 Å². The number of aromatic hydroxyl groups is 1. The molecule has 2 aliphatic rings. The number of anilines is 1. The highest BCUT2D eigenvalue weighted by Gasteiger charge is 2.24. The van der Waals surface area contributed by atoms with Crippen molar-refractivity contribution in [2.75, 3.05) is 31.1 Å². The molecule has 1 aromatic carbocycles. The number of nitrogens with zero attached hydrogens (tertiary/aromatic N) is 4. The molecule has 1 aromatic heterocycles. The lowest BCUT2D eigenvalue weighted by molar-refractivity contribution is 0.159. The molecule has 2 fully saturated rings. The number of piperidine rings is 1. The fourth-order valence-corrected chi connectivity index (χ4v) is 4.10. The van der Waals surface area contributed by atoms with Gasteiger partial charge in [0.15, 0.2) is 0 Å². The lowest BCUT2D eigenvalue weighted by Crippen LogP contribution is -2.41. The molecular formula is C19H23BrN4O2. The number of likely N-dealkylation sites (tertiary alicyclic amines) is 1. The summed E-state index contributed by atoms with van der Waals surface area (Å²) in [6, 6.07) is 7.15. The van der Waals surface area contributed by atoms with Crippen molar-refractivity contribution in [3.8, 4) is 5.75 Å². The van der Waals surface area contributed by atoms with Gasteiger partial charge in [0.25, 0.3) is 5.56 Å². The van der Waals surface area contributed by atoms with Crippen LogP contribution in [0.3, 0.4) is 0 Å². The van der Waals surface area contributed by atoms with E-state index < -0.39 is 0 Å². The number of benzene rings is 1. The Morgan fingerprint density at radius 3 is 2.77 bits per heavy atom. The second kappa shape index (κ2) is 7.40. The molecule has 1 N–H and O–H groups in total. The van der Waals surface area contributed by atoms with Crippen LogP contribution in [0.15, 0.2) is 39.7 Å². The number of phenolic OH excluding ortho intramolecular Hbond substituents is 1. The smallest absolute Gasteiger partial charge is 0.269 e. The zero-order chi connectivity index (χ0) is 18.1. The minimum absolute atomic E-state index is 0.0141. The predicted molar refractivity (Wildman–Crippen MR) is 105 cm³/mol. The molecule has 0 spiro atoms. The average molecular weight is 419 g/mol. The molecule has 3 heterocycles. The summed E-state index contributed by atoms with van der Waals surface area (Å²) in [5.41, 5.74) is 1.98. The van der Waals surface area contributed by atoms with Crippen LogP contribution in [-0.2, 0) is 6.54 Å². The van der Waals surface area contributed by atoms with Crippen molar-refractivity contribution >= 4 is 21.6 Å². The molecule has 7 heteroatoms. The van der Waals surface area contributed by atoms with Crippen LogP contribution in [0.25, 0.3) is 0 Å². The van der Waals surface area contributed by atoms with Crippen molar-refractivity contribution in [3.63, 3.8) is 0 Å². The fourth-order valence-electron chi connectivity index (χ4n) is 3.73. The predicted octanol–water partition coefficient (Wildman–Crippen LogP) is 2.76. The van der Waals surface area contributed by atoms with Crippen LogP contribution < -0.4 is 10.5 Å². The first-order valence-corrected chi connectivity index (χ1v) is 9.93. The van der Waals surface area contributed by atoms with Gasteiger partial charge in [-0.2, -0.15) is 5.10 Å². The zero-order valence-electron chi connectivity index (χ0n) is 14.6. The van der Waals surface area contributed by atoms with Gasteiger partial charge in [-0.3, -0.25) is 9.69 Å². The Kier molecular flexibility index (Phi) is 5.00. The Labute approximate surface area is 161 Å². The monoisotopic (exact) mass is 418 g/mol. The standard InChI is InChI=1S/C19H23BrN4O2/c20-18-5-4-17(25)9-14(18)12-22-6-1-3-15(13-22)24-19(26)10-16(11-21-24)23-7-2-8-23/h4-5,9-11,15,25H,1-3,6-8,12-13H2/t15-/m1/s1. The van der Waals surface area contributed by atoms with E-state index >= 15 is 0 Å². The highest BCUT2D eigenvalue weighted by atomic mass is 79.9. The minimum Gasteiger partial charge on any atom is -0.508 e. The Balaban J connectivity index is 1.48. The van der Waals surface area contributed by atoms with Gasteiger partial charge in [0.1, 0.15) is 5.75 Å².